The SMILES string of the molecule is C=C(C)CSc1ncc(CO)n1C. The summed E-state index contributed by atoms with van der Waals surface area (Å²) in [6, 6.07) is 0. The number of thioether (sulfide) groups is 1. The summed E-state index contributed by atoms with van der Waals surface area (Å²) in [5.41, 5.74) is 1.96. The number of imidazole rings is 1. The quantitative estimate of drug-likeness (QED) is 0.589. The Bertz CT molecular complexity index is 307. The third-order valence-corrected chi connectivity index (χ3v) is 2.93. The summed E-state index contributed by atoms with van der Waals surface area (Å²) >= 11 is 1.63. The van der Waals surface area contributed by atoms with Crippen LogP contribution in [0.4, 0.5) is 0 Å². The molecule has 0 fully saturated rings. The number of rotatable bonds is 4. The minimum atomic E-state index is 0.0388. The van der Waals surface area contributed by atoms with E-state index in [2.05, 4.69) is 11.6 Å². The Morgan fingerprint density at radius 2 is 2.46 bits per heavy atom. The second-order valence-corrected chi connectivity index (χ2v) is 3.94. The second-order valence-electron chi connectivity index (χ2n) is 3.00. The van der Waals surface area contributed by atoms with Crippen molar-refractivity contribution in [1.29, 1.82) is 0 Å². The zero-order valence-electron chi connectivity index (χ0n) is 7.95. The number of nitrogens with zero attached hydrogens (tertiary/aromatic N) is 2. The van der Waals surface area contributed by atoms with Crippen molar-refractivity contribution in [2.45, 2.75) is 18.7 Å². The predicted octanol–water partition coefficient (Wildman–Crippen LogP) is 1.58. The normalized spacial score (nSPS) is 10.4. The van der Waals surface area contributed by atoms with E-state index in [1.165, 1.54) is 0 Å². The van der Waals surface area contributed by atoms with Crippen LogP contribution in [0.3, 0.4) is 0 Å². The van der Waals surface area contributed by atoms with Crippen LogP contribution in [0, 0.1) is 0 Å². The molecule has 1 aromatic rings. The molecule has 0 spiro atoms. The molecular formula is C9H14N2OS. The molecule has 3 nitrogen and oxygen atoms in total. The molecule has 0 amide bonds. The lowest BCUT2D eigenvalue weighted by Gasteiger charge is -2.02. The van der Waals surface area contributed by atoms with Crippen LogP contribution in [0.2, 0.25) is 0 Å². The maximum absolute atomic E-state index is 8.92. The Morgan fingerprint density at radius 1 is 1.77 bits per heavy atom. The predicted molar refractivity (Wildman–Crippen MR) is 54.7 cm³/mol. The maximum Gasteiger partial charge on any atom is 0.168 e. The van der Waals surface area contributed by atoms with Crippen LogP contribution in [-0.2, 0) is 13.7 Å². The largest absolute Gasteiger partial charge is 0.390 e. The molecule has 0 aromatic carbocycles. The number of aromatic nitrogens is 2. The molecule has 0 saturated heterocycles. The van der Waals surface area contributed by atoms with Gasteiger partial charge in [0.1, 0.15) is 0 Å². The smallest absolute Gasteiger partial charge is 0.168 e. The molecule has 0 aliphatic carbocycles. The van der Waals surface area contributed by atoms with E-state index in [0.717, 1.165) is 22.2 Å². The van der Waals surface area contributed by atoms with Crippen LogP contribution in [0.25, 0.3) is 0 Å². The summed E-state index contributed by atoms with van der Waals surface area (Å²) in [7, 11) is 1.90. The number of aliphatic hydroxyl groups is 1. The van der Waals surface area contributed by atoms with Gasteiger partial charge in [0.15, 0.2) is 5.16 Å². The maximum atomic E-state index is 8.92. The van der Waals surface area contributed by atoms with E-state index >= 15 is 0 Å². The molecule has 1 aromatic heterocycles. The highest BCUT2D eigenvalue weighted by molar-refractivity contribution is 7.99. The fraction of sp³-hybridized carbons (Fsp3) is 0.444. The molecule has 1 N–H and O–H groups in total. The van der Waals surface area contributed by atoms with Crippen LogP contribution >= 0.6 is 11.8 Å². The van der Waals surface area contributed by atoms with Gasteiger partial charge in [-0.1, -0.05) is 23.9 Å². The highest BCUT2D eigenvalue weighted by Crippen LogP contribution is 2.18. The summed E-state index contributed by atoms with van der Waals surface area (Å²) < 4.78 is 1.90. The van der Waals surface area contributed by atoms with Crippen molar-refractivity contribution >= 4 is 11.8 Å². The second kappa shape index (κ2) is 4.48. The van der Waals surface area contributed by atoms with Crippen LogP contribution in [0.5, 0.6) is 0 Å². The van der Waals surface area contributed by atoms with Crippen molar-refractivity contribution in [1.82, 2.24) is 9.55 Å². The van der Waals surface area contributed by atoms with Crippen molar-refractivity contribution in [3.05, 3.63) is 24.0 Å². The summed E-state index contributed by atoms with van der Waals surface area (Å²) in [4.78, 5) is 4.18. The Balaban J connectivity index is 2.67. The zero-order valence-corrected chi connectivity index (χ0v) is 8.77. The standard InChI is InChI=1S/C9H14N2OS/c1-7(2)6-13-9-10-4-8(5-12)11(9)3/h4,12H,1,5-6H2,2-3H3. The lowest BCUT2D eigenvalue weighted by Crippen LogP contribution is -1.97. The molecule has 0 radical (unpaired) electrons. The number of hydrogen-bond acceptors (Lipinski definition) is 3. The van der Waals surface area contributed by atoms with Gasteiger partial charge in [-0.3, -0.25) is 0 Å². The van der Waals surface area contributed by atoms with Crippen molar-refractivity contribution in [3.63, 3.8) is 0 Å². The highest BCUT2D eigenvalue weighted by Gasteiger charge is 2.05. The van der Waals surface area contributed by atoms with Crippen LogP contribution in [0.15, 0.2) is 23.5 Å². The van der Waals surface area contributed by atoms with Crippen molar-refractivity contribution in [2.75, 3.05) is 5.75 Å². The van der Waals surface area contributed by atoms with Crippen LogP contribution in [-0.4, -0.2) is 20.4 Å². The first-order chi connectivity index (χ1) is 6.15. The van der Waals surface area contributed by atoms with Gasteiger partial charge < -0.3 is 9.67 Å². The molecule has 13 heavy (non-hydrogen) atoms. The van der Waals surface area contributed by atoms with Crippen molar-refractivity contribution in [3.8, 4) is 0 Å². The van der Waals surface area contributed by atoms with Crippen molar-refractivity contribution in [2.24, 2.45) is 7.05 Å². The summed E-state index contributed by atoms with van der Waals surface area (Å²) in [5.74, 6) is 0.871. The molecule has 0 aliphatic rings. The minimum Gasteiger partial charge on any atom is -0.390 e. The van der Waals surface area contributed by atoms with Gasteiger partial charge >= 0.3 is 0 Å². The average molecular weight is 198 g/mol. The molecule has 0 atom stereocenters. The fourth-order valence-electron chi connectivity index (χ4n) is 0.895. The van der Waals surface area contributed by atoms with E-state index in [-0.39, 0.29) is 6.61 Å². The third-order valence-electron chi connectivity index (χ3n) is 1.65. The summed E-state index contributed by atoms with van der Waals surface area (Å²) in [6.07, 6.45) is 1.70. The number of hydrogen-bond donors (Lipinski definition) is 1. The van der Waals surface area contributed by atoms with Gasteiger partial charge in [-0.15, -0.1) is 0 Å². The average Bonchev–Trinajstić information content (AvgIpc) is 2.43. The highest BCUT2D eigenvalue weighted by atomic mass is 32.2. The first-order valence-corrected chi connectivity index (χ1v) is 5.02. The van der Waals surface area contributed by atoms with Gasteiger partial charge in [-0.2, -0.15) is 0 Å². The lowest BCUT2D eigenvalue weighted by atomic mass is 10.4. The Morgan fingerprint density at radius 3 is 2.92 bits per heavy atom. The molecule has 1 heterocycles. The first-order valence-electron chi connectivity index (χ1n) is 4.03. The van der Waals surface area contributed by atoms with Gasteiger partial charge in [0.2, 0.25) is 0 Å². The molecule has 0 saturated carbocycles. The molecule has 72 valence electrons. The van der Waals surface area contributed by atoms with E-state index in [4.69, 9.17) is 5.11 Å². The van der Waals surface area contributed by atoms with Gasteiger partial charge in [-0.05, 0) is 6.92 Å². The van der Waals surface area contributed by atoms with E-state index in [9.17, 15) is 0 Å². The van der Waals surface area contributed by atoms with Gasteiger partial charge in [-0.25, -0.2) is 4.98 Å². The topological polar surface area (TPSA) is 38.1 Å². The number of aliphatic hydroxyl groups excluding tert-OH is 1. The molecule has 1 rings (SSSR count). The van der Waals surface area contributed by atoms with Crippen molar-refractivity contribution < 1.29 is 5.11 Å². The molecule has 0 aliphatic heterocycles. The first kappa shape index (κ1) is 10.3. The van der Waals surface area contributed by atoms with E-state index in [0.29, 0.717) is 0 Å². The molecule has 0 unspecified atom stereocenters. The summed E-state index contributed by atoms with van der Waals surface area (Å²) in [6.45, 7) is 5.85. The monoisotopic (exact) mass is 198 g/mol. The zero-order chi connectivity index (χ0) is 9.84. The minimum absolute atomic E-state index is 0.0388. The van der Waals surface area contributed by atoms with E-state index < -0.39 is 0 Å². The fourth-order valence-corrected chi connectivity index (χ4v) is 1.71. The Kier molecular flexibility index (Phi) is 3.57. The van der Waals surface area contributed by atoms with Crippen LogP contribution < -0.4 is 0 Å². The molecule has 0 bridgehead atoms. The molecular weight excluding hydrogens is 184 g/mol. The summed E-state index contributed by atoms with van der Waals surface area (Å²) in [5, 5.41) is 9.84. The Labute approximate surface area is 82.5 Å². The Hall–Kier alpha value is -0.740. The van der Waals surface area contributed by atoms with E-state index in [1.807, 2.05) is 18.5 Å². The van der Waals surface area contributed by atoms with Gasteiger partial charge in [0.25, 0.3) is 0 Å². The van der Waals surface area contributed by atoms with Gasteiger partial charge in [0.05, 0.1) is 18.5 Å². The van der Waals surface area contributed by atoms with E-state index in [1.54, 1.807) is 18.0 Å². The molecule has 4 heteroatoms. The van der Waals surface area contributed by atoms with Gasteiger partial charge in [0, 0.05) is 12.8 Å². The lowest BCUT2D eigenvalue weighted by molar-refractivity contribution is 0.271. The third kappa shape index (κ3) is 2.60. The van der Waals surface area contributed by atoms with Crippen LogP contribution in [0.1, 0.15) is 12.6 Å².